The van der Waals surface area contributed by atoms with Crippen molar-refractivity contribution in [3.63, 3.8) is 0 Å². The van der Waals surface area contributed by atoms with Gasteiger partial charge in [-0.1, -0.05) is 13.8 Å². The number of nitrogens with zero attached hydrogens (tertiary/aromatic N) is 2. The number of likely N-dealkylation sites (tertiary alicyclic amines) is 1. The molecule has 2 fully saturated rings. The van der Waals surface area contributed by atoms with Crippen LogP contribution in [0.1, 0.15) is 39.5 Å². The van der Waals surface area contributed by atoms with E-state index in [0.717, 1.165) is 19.1 Å². The van der Waals surface area contributed by atoms with Gasteiger partial charge in [-0.15, -0.1) is 0 Å². The maximum Gasteiger partial charge on any atom is 0.0707 e. The lowest BCUT2D eigenvalue weighted by molar-refractivity contribution is 0.0143. The summed E-state index contributed by atoms with van der Waals surface area (Å²) in [5.74, 6) is 0. The Bertz CT molecular complexity index is 275. The molecule has 0 radical (unpaired) electrons. The molecule has 1 N–H and O–H groups in total. The predicted molar refractivity (Wildman–Crippen MR) is 84.2 cm³/mol. The van der Waals surface area contributed by atoms with Crippen LogP contribution in [0.3, 0.4) is 0 Å². The second-order valence-electron chi connectivity index (χ2n) is 7.02. The number of hydrogen-bond donors (Lipinski definition) is 1. The average Bonchev–Trinajstić information content (AvgIpc) is 2.84. The lowest BCUT2D eigenvalue weighted by Gasteiger charge is -2.36. The van der Waals surface area contributed by atoms with Crippen LogP contribution in [0.15, 0.2) is 0 Å². The fourth-order valence-electron chi connectivity index (χ4n) is 3.34. The molecule has 0 spiro atoms. The van der Waals surface area contributed by atoms with E-state index in [1.807, 2.05) is 0 Å². The third-order valence-electron chi connectivity index (χ3n) is 4.70. The summed E-state index contributed by atoms with van der Waals surface area (Å²) >= 11 is 0. The van der Waals surface area contributed by atoms with E-state index in [1.165, 1.54) is 38.8 Å². The van der Waals surface area contributed by atoms with E-state index in [1.54, 1.807) is 0 Å². The van der Waals surface area contributed by atoms with E-state index in [4.69, 9.17) is 4.74 Å². The van der Waals surface area contributed by atoms with Gasteiger partial charge in [-0.3, -0.25) is 0 Å². The Balaban J connectivity index is 1.63. The molecule has 4 heteroatoms. The first-order valence-corrected chi connectivity index (χ1v) is 8.32. The summed E-state index contributed by atoms with van der Waals surface area (Å²) in [5.41, 5.74) is 0. The van der Waals surface area contributed by atoms with Crippen molar-refractivity contribution in [3.05, 3.63) is 0 Å². The molecule has 0 aromatic rings. The Hall–Kier alpha value is -0.160. The molecule has 0 aromatic carbocycles. The quantitative estimate of drug-likeness (QED) is 0.800. The third-order valence-corrected chi connectivity index (χ3v) is 4.70. The molecule has 20 heavy (non-hydrogen) atoms. The lowest BCUT2D eigenvalue weighted by Crippen LogP contribution is -2.44. The van der Waals surface area contributed by atoms with Gasteiger partial charge in [0.25, 0.3) is 0 Å². The van der Waals surface area contributed by atoms with Crippen LogP contribution in [-0.2, 0) is 4.74 Å². The molecule has 2 saturated heterocycles. The van der Waals surface area contributed by atoms with Gasteiger partial charge in [0, 0.05) is 25.2 Å². The van der Waals surface area contributed by atoms with Crippen molar-refractivity contribution >= 4 is 0 Å². The van der Waals surface area contributed by atoms with Gasteiger partial charge < -0.3 is 19.9 Å². The molecule has 118 valence electrons. The van der Waals surface area contributed by atoms with E-state index in [2.05, 4.69) is 43.1 Å². The Morgan fingerprint density at radius 3 is 2.35 bits per heavy atom. The van der Waals surface area contributed by atoms with E-state index in [9.17, 15) is 0 Å². The zero-order valence-corrected chi connectivity index (χ0v) is 13.8. The summed E-state index contributed by atoms with van der Waals surface area (Å²) in [4.78, 5) is 4.97. The Kier molecular flexibility index (Phi) is 6.27. The van der Waals surface area contributed by atoms with Crippen LogP contribution in [0.5, 0.6) is 0 Å². The Morgan fingerprint density at radius 2 is 1.75 bits per heavy atom. The number of ether oxygens (including phenoxy) is 1. The maximum absolute atomic E-state index is 6.17. The van der Waals surface area contributed by atoms with E-state index in [-0.39, 0.29) is 0 Å². The van der Waals surface area contributed by atoms with E-state index >= 15 is 0 Å². The minimum absolute atomic E-state index is 0.432. The molecule has 2 heterocycles. The lowest BCUT2D eigenvalue weighted by atomic mass is 10.0. The molecule has 0 aliphatic carbocycles. The molecule has 0 saturated carbocycles. The van der Waals surface area contributed by atoms with Crippen molar-refractivity contribution < 1.29 is 4.74 Å². The number of rotatable bonds is 6. The van der Waals surface area contributed by atoms with Crippen LogP contribution in [-0.4, -0.2) is 74.4 Å². The molecule has 2 aliphatic heterocycles. The van der Waals surface area contributed by atoms with Crippen LogP contribution < -0.4 is 5.32 Å². The van der Waals surface area contributed by atoms with Crippen LogP contribution in [0.25, 0.3) is 0 Å². The summed E-state index contributed by atoms with van der Waals surface area (Å²) in [7, 11) is 4.40. The molecular weight excluding hydrogens is 250 g/mol. The zero-order valence-electron chi connectivity index (χ0n) is 13.8. The number of hydrogen-bond acceptors (Lipinski definition) is 4. The van der Waals surface area contributed by atoms with E-state index < -0.39 is 0 Å². The summed E-state index contributed by atoms with van der Waals surface area (Å²) in [6.45, 7) is 9.01. The van der Waals surface area contributed by atoms with E-state index in [0.29, 0.717) is 18.2 Å². The van der Waals surface area contributed by atoms with Gasteiger partial charge in [0.2, 0.25) is 0 Å². The van der Waals surface area contributed by atoms with Crippen LogP contribution in [0.2, 0.25) is 0 Å². The van der Waals surface area contributed by atoms with Gasteiger partial charge in [0.05, 0.1) is 12.2 Å². The van der Waals surface area contributed by atoms with Gasteiger partial charge in [0.15, 0.2) is 0 Å². The fourth-order valence-corrected chi connectivity index (χ4v) is 3.34. The summed E-state index contributed by atoms with van der Waals surface area (Å²) in [6.07, 6.45) is 5.96. The topological polar surface area (TPSA) is 27.7 Å². The van der Waals surface area contributed by atoms with Crippen LogP contribution >= 0.6 is 0 Å². The Morgan fingerprint density at radius 1 is 1.10 bits per heavy atom. The number of nitrogens with one attached hydrogen (secondary N) is 1. The molecule has 0 bridgehead atoms. The van der Waals surface area contributed by atoms with Gasteiger partial charge in [-0.25, -0.2) is 0 Å². The molecule has 4 nitrogen and oxygen atoms in total. The van der Waals surface area contributed by atoms with Crippen molar-refractivity contribution in [1.82, 2.24) is 15.1 Å². The summed E-state index contributed by atoms with van der Waals surface area (Å²) < 4.78 is 6.17. The minimum atomic E-state index is 0.432. The molecule has 2 atom stereocenters. The second-order valence-corrected chi connectivity index (χ2v) is 7.02. The maximum atomic E-state index is 6.17. The van der Waals surface area contributed by atoms with Crippen molar-refractivity contribution in [1.29, 1.82) is 0 Å². The van der Waals surface area contributed by atoms with Crippen LogP contribution in [0.4, 0.5) is 0 Å². The third kappa shape index (κ3) is 4.99. The monoisotopic (exact) mass is 283 g/mol. The van der Waals surface area contributed by atoms with Crippen molar-refractivity contribution in [2.75, 3.05) is 40.3 Å². The predicted octanol–water partition coefficient (Wildman–Crippen LogP) is 1.56. The number of piperidine rings is 1. The standard InChI is InChI=1S/C16H33N3O/c1-13(2)17-11-15-5-6-16(20-15)12-19-9-7-14(8-10-19)18(3)4/h13-17H,5-12H2,1-4H3. The van der Waals surface area contributed by atoms with Gasteiger partial charge >= 0.3 is 0 Å². The van der Waals surface area contributed by atoms with Crippen molar-refractivity contribution in [2.24, 2.45) is 0 Å². The molecule has 2 rings (SSSR count). The average molecular weight is 283 g/mol. The minimum Gasteiger partial charge on any atom is -0.372 e. The Labute approximate surface area is 124 Å². The molecule has 0 amide bonds. The zero-order chi connectivity index (χ0) is 14.5. The van der Waals surface area contributed by atoms with Gasteiger partial charge in [0.1, 0.15) is 0 Å². The normalized spacial score (nSPS) is 29.7. The first-order valence-electron chi connectivity index (χ1n) is 8.32. The van der Waals surface area contributed by atoms with Crippen LogP contribution in [0, 0.1) is 0 Å². The smallest absolute Gasteiger partial charge is 0.0707 e. The highest BCUT2D eigenvalue weighted by atomic mass is 16.5. The largest absolute Gasteiger partial charge is 0.372 e. The first kappa shape index (κ1) is 16.2. The van der Waals surface area contributed by atoms with Gasteiger partial charge in [-0.05, 0) is 52.9 Å². The summed E-state index contributed by atoms with van der Waals surface area (Å²) in [6, 6.07) is 1.33. The molecule has 2 aliphatic rings. The SMILES string of the molecule is CC(C)NCC1CCC(CN2CCC(N(C)C)CC2)O1. The molecule has 0 aromatic heterocycles. The highest BCUT2D eigenvalue weighted by Gasteiger charge is 2.28. The second kappa shape index (κ2) is 7.74. The first-order chi connectivity index (χ1) is 9.54. The fraction of sp³-hybridized carbons (Fsp3) is 1.00. The summed E-state index contributed by atoms with van der Waals surface area (Å²) in [5, 5.41) is 3.49. The molecule has 2 unspecified atom stereocenters. The van der Waals surface area contributed by atoms with Crippen molar-refractivity contribution in [2.45, 2.75) is 63.8 Å². The highest BCUT2D eigenvalue weighted by molar-refractivity contribution is 4.82. The highest BCUT2D eigenvalue weighted by Crippen LogP contribution is 2.22. The van der Waals surface area contributed by atoms with Gasteiger partial charge in [-0.2, -0.15) is 0 Å². The molecular formula is C16H33N3O. The van der Waals surface area contributed by atoms with Crippen molar-refractivity contribution in [3.8, 4) is 0 Å².